The molecule has 0 heterocycles. The normalized spacial score (nSPS) is 11.8. The van der Waals surface area contributed by atoms with Gasteiger partial charge in [-0.15, -0.1) is 0 Å². The number of carboxylic acids is 2. The third-order valence-corrected chi connectivity index (χ3v) is 5.10. The van der Waals surface area contributed by atoms with Gasteiger partial charge in [-0.1, -0.05) is 103 Å². The van der Waals surface area contributed by atoms with Gasteiger partial charge < -0.3 is 15.5 Å². The zero-order valence-electron chi connectivity index (χ0n) is 17.5. The van der Waals surface area contributed by atoms with Crippen molar-refractivity contribution >= 4 is 60.8 Å². The second kappa shape index (κ2) is 23.7. The van der Waals surface area contributed by atoms with Crippen molar-refractivity contribution in [3.8, 4) is 0 Å². The van der Waals surface area contributed by atoms with E-state index in [0.29, 0.717) is 6.54 Å². The molecule has 0 unspecified atom stereocenters. The fourth-order valence-electron chi connectivity index (χ4n) is 3.37. The van der Waals surface area contributed by atoms with Gasteiger partial charge in [-0.25, -0.2) is 0 Å². The van der Waals surface area contributed by atoms with E-state index in [2.05, 4.69) is 12.2 Å². The van der Waals surface area contributed by atoms with E-state index in [0.717, 1.165) is 12.8 Å². The fraction of sp³-hybridized carbons (Fsp3) is 0.909. The summed E-state index contributed by atoms with van der Waals surface area (Å²) in [6.45, 7) is 2.83. The van der Waals surface area contributed by atoms with Crippen LogP contribution >= 0.6 is 0 Å². The van der Waals surface area contributed by atoms with Crippen molar-refractivity contribution in [3.63, 3.8) is 0 Å². The summed E-state index contributed by atoms with van der Waals surface area (Å²) >= 11 is 0. The molecule has 0 rings (SSSR count). The van der Waals surface area contributed by atoms with Gasteiger partial charge in [-0.3, -0.25) is 9.59 Å². The Labute approximate surface area is 212 Å². The number of carboxylic acid groups (broad SMARTS) is 2. The zero-order chi connectivity index (χ0) is 20.2. The molecule has 164 valence electrons. The first-order valence-electron chi connectivity index (χ1n) is 11.3. The monoisotopic (exact) mass is 525 g/mol. The van der Waals surface area contributed by atoms with E-state index in [9.17, 15) is 9.59 Å². The minimum absolute atomic E-state index is 0. The molecule has 0 aromatic carbocycles. The van der Waals surface area contributed by atoms with E-state index in [1.807, 2.05) is 0 Å². The Kier molecular flexibility index (Phi) is 26.0. The van der Waals surface area contributed by atoms with Gasteiger partial charge in [-0.05, 0) is 13.0 Å². The number of nitrogens with one attached hydrogen (secondary N) is 1. The quantitative estimate of drug-likeness (QED) is 0.148. The van der Waals surface area contributed by atoms with E-state index < -0.39 is 18.0 Å². The van der Waals surface area contributed by atoms with Crippen LogP contribution in [-0.4, -0.2) is 83.6 Å². The molecule has 0 radical (unpaired) electrons. The molecule has 3 N–H and O–H groups in total. The van der Waals surface area contributed by atoms with Gasteiger partial charge in [-0.2, -0.15) is 0 Å². The molecule has 0 aromatic rings. The molecule has 0 fully saturated rings. The maximum absolute atomic E-state index is 10.9. The molecule has 0 amide bonds. The predicted molar refractivity (Wildman–Crippen MR) is 120 cm³/mol. The number of hydrogen-bond donors (Lipinski definition) is 3. The van der Waals surface area contributed by atoms with Crippen molar-refractivity contribution in [3.05, 3.63) is 0 Å². The van der Waals surface area contributed by atoms with Gasteiger partial charge in [0.05, 0.1) is 6.42 Å². The topological polar surface area (TPSA) is 86.6 Å². The molecule has 6 heteroatoms. The number of hydrogen-bond acceptors (Lipinski definition) is 3. The first-order valence-corrected chi connectivity index (χ1v) is 11.3. The summed E-state index contributed by atoms with van der Waals surface area (Å²) in [4.78, 5) is 21.5. The van der Waals surface area contributed by atoms with Crippen molar-refractivity contribution in [2.24, 2.45) is 0 Å². The number of aliphatic carboxylic acids is 2. The van der Waals surface area contributed by atoms with Crippen LogP contribution in [0.2, 0.25) is 0 Å². The average Bonchev–Trinajstić information content (AvgIpc) is 2.62. The van der Waals surface area contributed by atoms with Crippen LogP contribution in [0.3, 0.4) is 0 Å². The molecule has 0 aliphatic carbocycles. The molecule has 0 spiro atoms. The molecule has 0 aliphatic rings. The summed E-state index contributed by atoms with van der Waals surface area (Å²) in [6, 6.07) is -0.973. The van der Waals surface area contributed by atoms with Crippen LogP contribution in [0.5, 0.6) is 0 Å². The van der Waals surface area contributed by atoms with Gasteiger partial charge in [0.15, 0.2) is 0 Å². The van der Waals surface area contributed by atoms with E-state index in [-0.39, 0.29) is 55.3 Å². The van der Waals surface area contributed by atoms with Gasteiger partial charge in [0.25, 0.3) is 0 Å². The molecular formula is C22H45BaNO4. The van der Waals surface area contributed by atoms with E-state index in [1.54, 1.807) is 0 Å². The third kappa shape index (κ3) is 22.8. The maximum atomic E-state index is 10.9. The van der Waals surface area contributed by atoms with Crippen LogP contribution in [0.1, 0.15) is 116 Å². The Morgan fingerprint density at radius 2 is 1.04 bits per heavy atom. The van der Waals surface area contributed by atoms with Crippen LogP contribution in [0.4, 0.5) is 0 Å². The predicted octanol–water partition coefficient (Wildman–Crippen LogP) is 4.85. The Balaban J connectivity index is 0. The molecule has 0 saturated heterocycles. The Morgan fingerprint density at radius 3 is 1.36 bits per heavy atom. The summed E-state index contributed by atoms with van der Waals surface area (Å²) in [5.41, 5.74) is 0. The first-order chi connectivity index (χ1) is 13.1. The van der Waals surface area contributed by atoms with Gasteiger partial charge in [0.1, 0.15) is 6.04 Å². The summed E-state index contributed by atoms with van der Waals surface area (Å²) in [5, 5.41) is 20.4. The number of unbranched alkanes of at least 4 members (excludes halogenated alkanes) is 15. The molecule has 0 saturated carbocycles. The van der Waals surface area contributed by atoms with E-state index in [4.69, 9.17) is 10.2 Å². The SMILES string of the molecule is CCCCCCCCCCCCCCCCCCN[C@@H](CC(=O)O)C(=O)O.[BaH2]. The van der Waals surface area contributed by atoms with Gasteiger partial charge in [0, 0.05) is 0 Å². The second-order valence-electron chi connectivity index (χ2n) is 7.75. The minimum atomic E-state index is -1.09. The standard InChI is InChI=1S/C22H43NO4.Ba.2H/c1-2-3-4-5-6-7-8-9-10-11-12-13-14-15-16-17-18-23-20(22(26)27)19-21(24)25;;;/h20,23H,2-19H2,1H3,(H,24,25)(H,26,27);;;/t20-;;;/m0.../s1. The number of carbonyl (C=O) groups is 2. The molecule has 1 atom stereocenters. The van der Waals surface area contributed by atoms with Crippen molar-refractivity contribution in [1.29, 1.82) is 0 Å². The summed E-state index contributed by atoms with van der Waals surface area (Å²) in [7, 11) is 0. The van der Waals surface area contributed by atoms with Crippen LogP contribution in [0.15, 0.2) is 0 Å². The van der Waals surface area contributed by atoms with Gasteiger partial charge in [0.2, 0.25) is 0 Å². The van der Waals surface area contributed by atoms with Crippen molar-refractivity contribution in [2.75, 3.05) is 6.54 Å². The van der Waals surface area contributed by atoms with Crippen molar-refractivity contribution in [2.45, 2.75) is 122 Å². The van der Waals surface area contributed by atoms with Crippen molar-refractivity contribution in [1.82, 2.24) is 5.32 Å². The molecule has 0 bridgehead atoms. The molecular weight excluding hydrogens is 480 g/mol. The Bertz CT molecular complexity index is 366. The average molecular weight is 525 g/mol. The van der Waals surface area contributed by atoms with E-state index >= 15 is 0 Å². The summed E-state index contributed by atoms with van der Waals surface area (Å²) < 4.78 is 0. The zero-order valence-corrected chi connectivity index (χ0v) is 17.5. The van der Waals surface area contributed by atoms with Crippen molar-refractivity contribution < 1.29 is 19.8 Å². The van der Waals surface area contributed by atoms with Crippen LogP contribution in [0.25, 0.3) is 0 Å². The second-order valence-corrected chi connectivity index (χ2v) is 7.75. The molecule has 28 heavy (non-hydrogen) atoms. The molecule has 5 nitrogen and oxygen atoms in total. The molecule has 0 aliphatic heterocycles. The summed E-state index contributed by atoms with van der Waals surface area (Å²) in [6.07, 6.45) is 20.5. The summed E-state index contributed by atoms with van der Waals surface area (Å²) in [5.74, 6) is -2.17. The Hall–Kier alpha value is 0.471. The van der Waals surface area contributed by atoms with Crippen LogP contribution in [0, 0.1) is 0 Å². The van der Waals surface area contributed by atoms with Crippen LogP contribution in [-0.2, 0) is 9.59 Å². The van der Waals surface area contributed by atoms with E-state index in [1.165, 1.54) is 89.9 Å². The first kappa shape index (κ1) is 30.7. The third-order valence-electron chi connectivity index (χ3n) is 5.10. The number of rotatable bonds is 21. The fourth-order valence-corrected chi connectivity index (χ4v) is 3.37. The Morgan fingerprint density at radius 1 is 0.679 bits per heavy atom. The molecule has 0 aromatic heterocycles. The van der Waals surface area contributed by atoms with Crippen LogP contribution < -0.4 is 5.32 Å². The van der Waals surface area contributed by atoms with Gasteiger partial charge >= 0.3 is 60.8 Å².